The van der Waals surface area contributed by atoms with E-state index in [4.69, 9.17) is 4.42 Å². The quantitative estimate of drug-likeness (QED) is 0.620. The standard InChI is InChI=1S/C15H13NO/c1-10-5-8-13-12(7-6-11(2)16-13)15(10)14-4-3-9-17-14/h3-9H,1-2H3. The van der Waals surface area contributed by atoms with Crippen LogP contribution in [0.5, 0.6) is 0 Å². The topological polar surface area (TPSA) is 26.0 Å². The summed E-state index contributed by atoms with van der Waals surface area (Å²) >= 11 is 0. The van der Waals surface area contributed by atoms with E-state index in [0.717, 1.165) is 27.9 Å². The average Bonchev–Trinajstić information content (AvgIpc) is 2.82. The van der Waals surface area contributed by atoms with Crippen LogP contribution >= 0.6 is 0 Å². The van der Waals surface area contributed by atoms with E-state index < -0.39 is 0 Å². The Morgan fingerprint density at radius 2 is 1.88 bits per heavy atom. The Morgan fingerprint density at radius 1 is 1.00 bits per heavy atom. The average molecular weight is 223 g/mol. The predicted molar refractivity (Wildman–Crippen MR) is 68.9 cm³/mol. The Kier molecular flexibility index (Phi) is 2.22. The van der Waals surface area contributed by atoms with Crippen LogP contribution in [-0.2, 0) is 0 Å². The third-order valence-electron chi connectivity index (χ3n) is 2.99. The van der Waals surface area contributed by atoms with Crippen LogP contribution < -0.4 is 0 Å². The van der Waals surface area contributed by atoms with Crippen LogP contribution in [0.1, 0.15) is 11.3 Å². The number of fused-ring (bicyclic) bond motifs is 1. The molecular formula is C15H13NO. The van der Waals surface area contributed by atoms with Crippen LogP contribution in [0, 0.1) is 13.8 Å². The Bertz CT molecular complexity index is 669. The zero-order valence-electron chi connectivity index (χ0n) is 9.90. The number of benzene rings is 1. The lowest BCUT2D eigenvalue weighted by Crippen LogP contribution is -1.88. The van der Waals surface area contributed by atoms with Crippen molar-refractivity contribution in [2.45, 2.75) is 13.8 Å². The molecule has 0 fully saturated rings. The highest BCUT2D eigenvalue weighted by molar-refractivity contribution is 5.95. The van der Waals surface area contributed by atoms with Crippen LogP contribution in [0.25, 0.3) is 22.2 Å². The SMILES string of the molecule is Cc1ccc2c(-c3ccco3)c(C)ccc2n1. The first kappa shape index (κ1) is 10.1. The van der Waals surface area contributed by atoms with E-state index in [9.17, 15) is 0 Å². The summed E-state index contributed by atoms with van der Waals surface area (Å²) < 4.78 is 5.51. The molecule has 0 unspecified atom stereocenters. The summed E-state index contributed by atoms with van der Waals surface area (Å²) in [6.45, 7) is 4.10. The van der Waals surface area contributed by atoms with E-state index >= 15 is 0 Å². The molecule has 0 aliphatic carbocycles. The van der Waals surface area contributed by atoms with Gasteiger partial charge in [-0.15, -0.1) is 0 Å². The lowest BCUT2D eigenvalue weighted by molar-refractivity contribution is 0.582. The van der Waals surface area contributed by atoms with E-state index in [1.165, 1.54) is 5.56 Å². The van der Waals surface area contributed by atoms with Crippen LogP contribution in [0.3, 0.4) is 0 Å². The second kappa shape index (κ2) is 3.74. The Morgan fingerprint density at radius 3 is 2.65 bits per heavy atom. The summed E-state index contributed by atoms with van der Waals surface area (Å²) in [7, 11) is 0. The molecular weight excluding hydrogens is 210 g/mol. The minimum Gasteiger partial charge on any atom is -0.464 e. The molecule has 2 heterocycles. The van der Waals surface area contributed by atoms with Gasteiger partial charge in [0.2, 0.25) is 0 Å². The summed E-state index contributed by atoms with van der Waals surface area (Å²) in [6.07, 6.45) is 1.70. The summed E-state index contributed by atoms with van der Waals surface area (Å²) in [5.41, 5.74) is 4.40. The minimum absolute atomic E-state index is 0.902. The summed E-state index contributed by atoms with van der Waals surface area (Å²) in [6, 6.07) is 12.2. The maximum Gasteiger partial charge on any atom is 0.134 e. The molecule has 0 aliphatic heterocycles. The molecule has 17 heavy (non-hydrogen) atoms. The van der Waals surface area contributed by atoms with Crippen molar-refractivity contribution >= 4 is 10.9 Å². The zero-order valence-corrected chi connectivity index (χ0v) is 9.90. The first-order valence-electron chi connectivity index (χ1n) is 5.66. The van der Waals surface area contributed by atoms with Crippen LogP contribution in [0.15, 0.2) is 47.1 Å². The van der Waals surface area contributed by atoms with Crippen LogP contribution in [0.4, 0.5) is 0 Å². The fourth-order valence-corrected chi connectivity index (χ4v) is 2.16. The smallest absolute Gasteiger partial charge is 0.134 e. The molecule has 2 heteroatoms. The van der Waals surface area contributed by atoms with Crippen molar-refractivity contribution in [1.82, 2.24) is 4.98 Å². The largest absolute Gasteiger partial charge is 0.464 e. The van der Waals surface area contributed by atoms with E-state index in [1.54, 1.807) is 6.26 Å². The maximum atomic E-state index is 5.51. The van der Waals surface area contributed by atoms with E-state index in [2.05, 4.69) is 30.1 Å². The molecule has 0 amide bonds. The highest BCUT2D eigenvalue weighted by Crippen LogP contribution is 2.31. The Hall–Kier alpha value is -2.09. The molecule has 0 saturated carbocycles. The second-order valence-corrected chi connectivity index (χ2v) is 4.25. The minimum atomic E-state index is 0.902. The molecule has 3 aromatic rings. The number of aryl methyl sites for hydroxylation is 2. The lowest BCUT2D eigenvalue weighted by Gasteiger charge is -2.08. The van der Waals surface area contributed by atoms with Gasteiger partial charge in [-0.05, 0) is 43.7 Å². The first-order chi connectivity index (χ1) is 8.25. The highest BCUT2D eigenvalue weighted by Gasteiger charge is 2.10. The molecule has 0 radical (unpaired) electrons. The number of rotatable bonds is 1. The summed E-state index contributed by atoms with van der Waals surface area (Å²) in [5.74, 6) is 0.902. The Balaban J connectivity index is 2.40. The lowest BCUT2D eigenvalue weighted by atomic mass is 10.0. The molecule has 84 valence electrons. The maximum absolute atomic E-state index is 5.51. The van der Waals surface area contributed by atoms with Crippen molar-refractivity contribution in [3.63, 3.8) is 0 Å². The summed E-state index contributed by atoms with van der Waals surface area (Å²) in [4.78, 5) is 4.55. The van der Waals surface area contributed by atoms with Crippen molar-refractivity contribution in [3.8, 4) is 11.3 Å². The molecule has 0 N–H and O–H groups in total. The normalized spacial score (nSPS) is 10.9. The Labute approximate surface area is 99.9 Å². The van der Waals surface area contributed by atoms with Crippen LogP contribution in [0.2, 0.25) is 0 Å². The van der Waals surface area contributed by atoms with Crippen molar-refractivity contribution in [3.05, 3.63) is 53.9 Å². The van der Waals surface area contributed by atoms with Crippen molar-refractivity contribution in [2.24, 2.45) is 0 Å². The second-order valence-electron chi connectivity index (χ2n) is 4.25. The molecule has 1 aromatic carbocycles. The molecule has 3 rings (SSSR count). The van der Waals surface area contributed by atoms with Gasteiger partial charge in [-0.1, -0.05) is 12.1 Å². The molecule has 0 spiro atoms. The molecule has 0 bridgehead atoms. The van der Waals surface area contributed by atoms with Crippen LogP contribution in [-0.4, -0.2) is 4.98 Å². The fourth-order valence-electron chi connectivity index (χ4n) is 2.16. The van der Waals surface area contributed by atoms with E-state index in [0.29, 0.717) is 0 Å². The van der Waals surface area contributed by atoms with Crippen molar-refractivity contribution in [1.29, 1.82) is 0 Å². The number of nitrogens with zero attached hydrogens (tertiary/aromatic N) is 1. The van der Waals surface area contributed by atoms with Crippen molar-refractivity contribution in [2.75, 3.05) is 0 Å². The van der Waals surface area contributed by atoms with Gasteiger partial charge in [0, 0.05) is 16.6 Å². The number of hydrogen-bond acceptors (Lipinski definition) is 2. The van der Waals surface area contributed by atoms with E-state index in [1.807, 2.05) is 25.1 Å². The molecule has 2 nitrogen and oxygen atoms in total. The van der Waals surface area contributed by atoms with Crippen molar-refractivity contribution < 1.29 is 4.42 Å². The monoisotopic (exact) mass is 223 g/mol. The molecule has 0 aliphatic rings. The van der Waals surface area contributed by atoms with Gasteiger partial charge >= 0.3 is 0 Å². The first-order valence-corrected chi connectivity index (χ1v) is 5.66. The third-order valence-corrected chi connectivity index (χ3v) is 2.99. The highest BCUT2D eigenvalue weighted by atomic mass is 16.3. The van der Waals surface area contributed by atoms with Gasteiger partial charge < -0.3 is 4.42 Å². The molecule has 0 saturated heterocycles. The van der Waals surface area contributed by atoms with Gasteiger partial charge in [0.1, 0.15) is 5.76 Å². The van der Waals surface area contributed by atoms with Gasteiger partial charge in [0.15, 0.2) is 0 Å². The van der Waals surface area contributed by atoms with Gasteiger partial charge in [-0.25, -0.2) is 0 Å². The van der Waals surface area contributed by atoms with Gasteiger partial charge in [-0.2, -0.15) is 0 Å². The number of aromatic nitrogens is 1. The summed E-state index contributed by atoms with van der Waals surface area (Å²) in [5, 5.41) is 1.14. The van der Waals surface area contributed by atoms with Gasteiger partial charge in [-0.3, -0.25) is 4.98 Å². The number of furan rings is 1. The number of pyridine rings is 1. The van der Waals surface area contributed by atoms with Gasteiger partial charge in [0.25, 0.3) is 0 Å². The molecule has 0 atom stereocenters. The third kappa shape index (κ3) is 1.62. The zero-order chi connectivity index (χ0) is 11.8. The van der Waals surface area contributed by atoms with E-state index in [-0.39, 0.29) is 0 Å². The fraction of sp³-hybridized carbons (Fsp3) is 0.133. The predicted octanol–water partition coefficient (Wildman–Crippen LogP) is 4.11. The molecule has 2 aromatic heterocycles. The van der Waals surface area contributed by atoms with Gasteiger partial charge in [0.05, 0.1) is 11.8 Å². The number of hydrogen-bond donors (Lipinski definition) is 0.